The minimum Gasteiger partial charge on any atom is -0.449 e. The molecule has 0 bridgehead atoms. The van der Waals surface area contributed by atoms with Crippen LogP contribution >= 0.6 is 0 Å². The molecule has 1 saturated heterocycles. The van der Waals surface area contributed by atoms with Gasteiger partial charge in [-0.3, -0.25) is 20.0 Å². The molecule has 7 nitrogen and oxygen atoms in total. The maximum atomic E-state index is 14.3. The number of nitrogens with one attached hydrogen (secondary N) is 1. The second-order valence-electron chi connectivity index (χ2n) is 5.55. The molecular weight excluding hydrogens is 341 g/mol. The highest BCUT2D eigenvalue weighted by Gasteiger charge is 2.26. The van der Waals surface area contributed by atoms with Gasteiger partial charge >= 0.3 is 6.09 Å². The zero-order chi connectivity index (χ0) is 19.9. The van der Waals surface area contributed by atoms with Crippen LogP contribution in [0.4, 0.5) is 9.18 Å². The van der Waals surface area contributed by atoms with Crippen molar-refractivity contribution in [2.45, 2.75) is 58.3 Å². The fourth-order valence-electron chi connectivity index (χ4n) is 2.25. The summed E-state index contributed by atoms with van der Waals surface area (Å²) < 4.78 is 24.7. The summed E-state index contributed by atoms with van der Waals surface area (Å²) in [7, 11) is 1.33. The van der Waals surface area contributed by atoms with Crippen LogP contribution in [-0.4, -0.2) is 49.2 Å². The van der Waals surface area contributed by atoms with Crippen LogP contribution in [0, 0.1) is 12.8 Å². The predicted octanol–water partition coefficient (Wildman–Crippen LogP) is 2.97. The number of terminal acetylenes is 1. The molecular formula is C18H28FN3O4. The molecule has 1 N–H and O–H groups in total. The van der Waals surface area contributed by atoms with Gasteiger partial charge in [-0.25, -0.2) is 9.18 Å². The zero-order valence-electron chi connectivity index (χ0n) is 15.6. The first kappa shape index (κ1) is 23.6. The summed E-state index contributed by atoms with van der Waals surface area (Å²) in [6, 6.07) is 0. The third kappa shape index (κ3) is 8.62. The van der Waals surface area contributed by atoms with Crippen molar-refractivity contribution in [2.75, 3.05) is 13.7 Å². The molecule has 0 spiro atoms. The number of unbranched alkanes of at least 4 members (excludes halogenated alkanes) is 2. The lowest BCUT2D eigenvalue weighted by molar-refractivity contribution is -0.125. The van der Waals surface area contributed by atoms with Crippen molar-refractivity contribution in [1.82, 2.24) is 10.2 Å². The van der Waals surface area contributed by atoms with E-state index in [4.69, 9.17) is 9.47 Å². The number of amidine groups is 1. The topological polar surface area (TPSA) is 80.2 Å². The highest BCUT2D eigenvalue weighted by molar-refractivity contribution is 6.04. The lowest BCUT2D eigenvalue weighted by atomic mass is 10.2. The largest absolute Gasteiger partial charge is 0.449 e. The van der Waals surface area contributed by atoms with Gasteiger partial charge in [-0.15, -0.1) is 12.8 Å². The first-order chi connectivity index (χ1) is 12.5. The highest BCUT2D eigenvalue weighted by Crippen LogP contribution is 2.22. The van der Waals surface area contributed by atoms with E-state index in [1.807, 2.05) is 13.8 Å². The second-order valence-corrected chi connectivity index (χ2v) is 5.55. The molecule has 2 amide bonds. The lowest BCUT2D eigenvalue weighted by Crippen LogP contribution is -2.34. The van der Waals surface area contributed by atoms with Crippen LogP contribution < -0.4 is 5.32 Å². The molecule has 0 aromatic heterocycles. The van der Waals surface area contributed by atoms with Gasteiger partial charge in [0.25, 0.3) is 0 Å². The summed E-state index contributed by atoms with van der Waals surface area (Å²) in [5.41, 5.74) is 0. The Hall–Kier alpha value is -2.40. The number of aliphatic imine (C=N–C) groups is 1. The summed E-state index contributed by atoms with van der Waals surface area (Å²) in [4.78, 5) is 27.5. The van der Waals surface area contributed by atoms with Crippen molar-refractivity contribution in [3.05, 3.63) is 12.0 Å². The van der Waals surface area contributed by atoms with Gasteiger partial charge in [0.15, 0.2) is 11.7 Å². The van der Waals surface area contributed by atoms with Crippen LogP contribution in [0.2, 0.25) is 0 Å². The van der Waals surface area contributed by atoms with Crippen LogP contribution in [0.15, 0.2) is 17.0 Å². The Bertz CT molecular complexity index is 520. The van der Waals surface area contributed by atoms with E-state index in [0.717, 1.165) is 36.8 Å². The third-order valence-corrected chi connectivity index (χ3v) is 3.58. The molecule has 0 unspecified atom stereocenters. The van der Waals surface area contributed by atoms with Gasteiger partial charge in [-0.1, -0.05) is 19.8 Å². The van der Waals surface area contributed by atoms with Gasteiger partial charge in [0.2, 0.25) is 6.41 Å². The number of ether oxygens (including phenoxy) is 2. The van der Waals surface area contributed by atoms with Gasteiger partial charge in [0.1, 0.15) is 6.23 Å². The number of alkyl carbamates (subject to hydrolysis) is 1. The normalized spacial score (nSPS) is 19.9. The molecule has 1 heterocycles. The van der Waals surface area contributed by atoms with Gasteiger partial charge in [0.05, 0.1) is 12.7 Å². The number of amides is 2. The minimum absolute atomic E-state index is 0.0180. The average Bonchev–Trinajstić information content (AvgIpc) is 3.08. The van der Waals surface area contributed by atoms with Crippen LogP contribution in [0.1, 0.15) is 46.0 Å². The Morgan fingerprint density at radius 2 is 2.12 bits per heavy atom. The number of nitrogens with zero attached hydrogens (tertiary/aromatic N) is 2. The van der Waals surface area contributed by atoms with Crippen molar-refractivity contribution in [2.24, 2.45) is 4.99 Å². The molecule has 146 valence electrons. The van der Waals surface area contributed by atoms with E-state index in [0.29, 0.717) is 12.8 Å². The highest BCUT2D eigenvalue weighted by atomic mass is 19.1. The monoisotopic (exact) mass is 369 g/mol. The van der Waals surface area contributed by atoms with Crippen LogP contribution in [0.5, 0.6) is 0 Å². The molecule has 0 aromatic carbocycles. The molecule has 0 aliphatic carbocycles. The maximum absolute atomic E-state index is 14.3. The second kappa shape index (κ2) is 13.8. The predicted molar refractivity (Wildman–Crippen MR) is 97.9 cm³/mol. The number of halogens is 1. The standard InChI is InChI=1S/C16H26FN3O4.C2H2/c1-4-5-6-9-23-16(22)19-15(18-3)13(17)10-20(11-21)14-8-7-12(2)24-14;1-2/h10-12,14H,4-9H2,1-3H3,(H,18,19,22);1-2H/b13-10+;/t12-,14-;/m1./s1. The maximum Gasteiger partial charge on any atom is 0.412 e. The summed E-state index contributed by atoms with van der Waals surface area (Å²) >= 11 is 0. The van der Waals surface area contributed by atoms with Crippen molar-refractivity contribution < 1.29 is 23.5 Å². The van der Waals surface area contributed by atoms with E-state index in [1.54, 1.807) is 0 Å². The minimum atomic E-state index is -0.849. The number of carbonyl (C=O) groups is 2. The van der Waals surface area contributed by atoms with Gasteiger partial charge in [-0.05, 0) is 26.2 Å². The third-order valence-electron chi connectivity index (χ3n) is 3.58. The van der Waals surface area contributed by atoms with Crippen molar-refractivity contribution in [3.8, 4) is 12.8 Å². The Morgan fingerprint density at radius 1 is 1.42 bits per heavy atom. The van der Waals surface area contributed by atoms with Crippen molar-refractivity contribution in [3.63, 3.8) is 0 Å². The molecule has 8 heteroatoms. The Balaban J connectivity index is 0.00000301. The lowest BCUT2D eigenvalue weighted by Gasteiger charge is -2.21. The summed E-state index contributed by atoms with van der Waals surface area (Å²) in [6.45, 7) is 4.18. The van der Waals surface area contributed by atoms with E-state index in [1.165, 1.54) is 7.05 Å². The van der Waals surface area contributed by atoms with Crippen molar-refractivity contribution in [1.29, 1.82) is 0 Å². The van der Waals surface area contributed by atoms with Crippen LogP contribution in [-0.2, 0) is 14.3 Å². The molecule has 2 atom stereocenters. The van der Waals surface area contributed by atoms with Gasteiger partial charge in [0, 0.05) is 13.2 Å². The Morgan fingerprint density at radius 3 is 2.62 bits per heavy atom. The number of hydrogen-bond acceptors (Lipinski definition) is 5. The number of hydrogen-bond donors (Lipinski definition) is 1. The van der Waals surface area contributed by atoms with E-state index >= 15 is 0 Å². The van der Waals surface area contributed by atoms with E-state index < -0.39 is 18.1 Å². The molecule has 1 fully saturated rings. The molecule has 0 aromatic rings. The van der Waals surface area contributed by atoms with Gasteiger partial charge in [-0.2, -0.15) is 0 Å². The fraction of sp³-hybridized carbons (Fsp3) is 0.611. The SMILES string of the molecule is C#C.CCCCCOC(=O)NC(=NC)/C(F)=C\N(C=O)[C@H]1CC[C@@H](C)O1. The van der Waals surface area contributed by atoms with E-state index in [2.05, 4.69) is 23.2 Å². The summed E-state index contributed by atoms with van der Waals surface area (Å²) in [6.07, 6.45) is 12.3. The molecule has 0 radical (unpaired) electrons. The molecule has 1 aliphatic rings. The molecule has 1 aliphatic heterocycles. The van der Waals surface area contributed by atoms with Gasteiger partial charge < -0.3 is 9.47 Å². The summed E-state index contributed by atoms with van der Waals surface area (Å²) in [5.74, 6) is -1.15. The molecule has 0 saturated carbocycles. The Kier molecular flexibility index (Phi) is 12.6. The molecule has 26 heavy (non-hydrogen) atoms. The average molecular weight is 369 g/mol. The zero-order valence-corrected chi connectivity index (χ0v) is 15.6. The Labute approximate surface area is 154 Å². The quantitative estimate of drug-likeness (QED) is 0.234. The fourth-order valence-corrected chi connectivity index (χ4v) is 2.25. The number of rotatable bonds is 8. The first-order valence-electron chi connectivity index (χ1n) is 8.51. The smallest absolute Gasteiger partial charge is 0.412 e. The first-order valence-corrected chi connectivity index (χ1v) is 8.51. The van der Waals surface area contributed by atoms with Crippen LogP contribution in [0.25, 0.3) is 0 Å². The summed E-state index contributed by atoms with van der Waals surface area (Å²) in [5, 5.41) is 2.23. The molecule has 1 rings (SSSR count). The van der Waals surface area contributed by atoms with Crippen LogP contribution in [0.3, 0.4) is 0 Å². The van der Waals surface area contributed by atoms with Crippen molar-refractivity contribution >= 4 is 18.3 Å². The number of carbonyl (C=O) groups excluding carboxylic acids is 2. The van der Waals surface area contributed by atoms with E-state index in [-0.39, 0.29) is 18.5 Å². The van der Waals surface area contributed by atoms with E-state index in [9.17, 15) is 14.0 Å².